The second-order valence-corrected chi connectivity index (χ2v) is 5.59. The SMILES string of the molecule is CC(=CC(=O)N1CCN(CCO)CC1)c1ccccc1OC(F)F. The lowest BCUT2D eigenvalue weighted by molar-refractivity contribution is -0.127. The number of para-hydroxylation sites is 1. The Labute approximate surface area is 140 Å². The minimum Gasteiger partial charge on any atom is -0.434 e. The van der Waals surface area contributed by atoms with Gasteiger partial charge in [0.05, 0.1) is 6.61 Å². The Morgan fingerprint density at radius 2 is 1.96 bits per heavy atom. The van der Waals surface area contributed by atoms with Crippen molar-refractivity contribution in [1.29, 1.82) is 0 Å². The number of rotatable bonds is 6. The number of halogens is 2. The number of alkyl halides is 2. The van der Waals surface area contributed by atoms with Crippen molar-refractivity contribution >= 4 is 11.5 Å². The summed E-state index contributed by atoms with van der Waals surface area (Å²) < 4.78 is 29.5. The van der Waals surface area contributed by atoms with Crippen molar-refractivity contribution < 1.29 is 23.4 Å². The van der Waals surface area contributed by atoms with Gasteiger partial charge in [-0.1, -0.05) is 18.2 Å². The van der Waals surface area contributed by atoms with Gasteiger partial charge in [-0.2, -0.15) is 8.78 Å². The molecule has 2 rings (SSSR count). The van der Waals surface area contributed by atoms with Gasteiger partial charge in [0, 0.05) is 44.4 Å². The molecule has 0 aliphatic carbocycles. The number of benzene rings is 1. The molecule has 1 saturated heterocycles. The minimum atomic E-state index is -2.91. The second-order valence-electron chi connectivity index (χ2n) is 5.59. The highest BCUT2D eigenvalue weighted by molar-refractivity contribution is 5.95. The molecule has 24 heavy (non-hydrogen) atoms. The standard InChI is InChI=1S/C17H22F2N2O3/c1-13(14-4-2-3-5-15(14)24-17(18)19)12-16(23)21-8-6-20(7-9-21)10-11-22/h2-5,12,17,22H,6-11H2,1H3. The summed E-state index contributed by atoms with van der Waals surface area (Å²) in [5.41, 5.74) is 1.05. The van der Waals surface area contributed by atoms with E-state index in [1.165, 1.54) is 12.1 Å². The quantitative estimate of drug-likeness (QED) is 0.803. The first-order valence-electron chi connectivity index (χ1n) is 7.86. The van der Waals surface area contributed by atoms with Gasteiger partial charge in [-0.05, 0) is 18.6 Å². The fraction of sp³-hybridized carbons (Fsp3) is 0.471. The number of aliphatic hydroxyl groups excluding tert-OH is 1. The van der Waals surface area contributed by atoms with E-state index in [0.29, 0.717) is 43.9 Å². The number of hydrogen-bond acceptors (Lipinski definition) is 4. The number of aliphatic hydroxyl groups is 1. The predicted octanol–water partition coefficient (Wildman–Crippen LogP) is 1.83. The van der Waals surface area contributed by atoms with Gasteiger partial charge in [-0.25, -0.2) is 0 Å². The van der Waals surface area contributed by atoms with E-state index in [4.69, 9.17) is 5.11 Å². The number of amides is 1. The maximum absolute atomic E-state index is 12.5. The van der Waals surface area contributed by atoms with Crippen molar-refractivity contribution in [2.24, 2.45) is 0 Å². The van der Waals surface area contributed by atoms with Crippen molar-refractivity contribution in [1.82, 2.24) is 9.80 Å². The number of β-amino-alcohol motifs (C(OH)–C–C–N with tert-alkyl or cyclic N) is 1. The van der Waals surface area contributed by atoms with Crippen LogP contribution in [0, 0.1) is 0 Å². The molecule has 0 aromatic heterocycles. The van der Waals surface area contributed by atoms with Crippen molar-refractivity contribution in [3.63, 3.8) is 0 Å². The summed E-state index contributed by atoms with van der Waals surface area (Å²) in [6, 6.07) is 6.42. The van der Waals surface area contributed by atoms with Crippen LogP contribution in [0.25, 0.3) is 5.57 Å². The molecule has 7 heteroatoms. The third-order valence-corrected chi connectivity index (χ3v) is 3.97. The van der Waals surface area contributed by atoms with E-state index in [1.807, 2.05) is 0 Å². The van der Waals surface area contributed by atoms with Crippen LogP contribution in [0.5, 0.6) is 5.75 Å². The molecule has 0 atom stereocenters. The van der Waals surface area contributed by atoms with Crippen LogP contribution in [-0.4, -0.2) is 66.8 Å². The highest BCUT2D eigenvalue weighted by Gasteiger charge is 2.20. The first-order chi connectivity index (χ1) is 11.5. The van der Waals surface area contributed by atoms with Crippen LogP contribution >= 0.6 is 0 Å². The zero-order chi connectivity index (χ0) is 17.5. The molecule has 0 saturated carbocycles. The lowest BCUT2D eigenvalue weighted by Crippen LogP contribution is -2.48. The fourth-order valence-electron chi connectivity index (χ4n) is 2.68. The first-order valence-corrected chi connectivity index (χ1v) is 7.86. The molecule has 1 aliphatic heterocycles. The summed E-state index contributed by atoms with van der Waals surface area (Å²) in [5.74, 6) is -0.0928. The Hall–Kier alpha value is -1.99. The van der Waals surface area contributed by atoms with E-state index < -0.39 is 6.61 Å². The Kier molecular flexibility index (Phi) is 6.69. The molecule has 0 unspecified atom stereocenters. The first kappa shape index (κ1) is 18.4. The maximum Gasteiger partial charge on any atom is 0.387 e. The molecule has 1 aromatic carbocycles. The average molecular weight is 340 g/mol. The Morgan fingerprint density at radius 1 is 1.29 bits per heavy atom. The van der Waals surface area contributed by atoms with E-state index >= 15 is 0 Å². The van der Waals surface area contributed by atoms with Crippen molar-refractivity contribution in [3.05, 3.63) is 35.9 Å². The lowest BCUT2D eigenvalue weighted by atomic mass is 10.1. The highest BCUT2D eigenvalue weighted by atomic mass is 19.3. The zero-order valence-electron chi connectivity index (χ0n) is 13.6. The van der Waals surface area contributed by atoms with Gasteiger partial charge in [-0.15, -0.1) is 0 Å². The summed E-state index contributed by atoms with van der Waals surface area (Å²) in [6.07, 6.45) is 1.45. The molecular formula is C17H22F2N2O3. The average Bonchev–Trinajstić information content (AvgIpc) is 2.55. The van der Waals surface area contributed by atoms with E-state index in [1.54, 1.807) is 30.0 Å². The van der Waals surface area contributed by atoms with Crippen LogP contribution in [0.3, 0.4) is 0 Å². The van der Waals surface area contributed by atoms with Gasteiger partial charge in [0.1, 0.15) is 5.75 Å². The van der Waals surface area contributed by atoms with Gasteiger partial charge in [-0.3, -0.25) is 9.69 Å². The molecule has 1 N–H and O–H groups in total. The third kappa shape index (κ3) is 5.01. The van der Waals surface area contributed by atoms with E-state index in [0.717, 1.165) is 0 Å². The summed E-state index contributed by atoms with van der Waals surface area (Å²) in [7, 11) is 0. The molecule has 1 aliphatic rings. The number of carbonyl (C=O) groups excluding carboxylic acids is 1. The molecule has 0 radical (unpaired) electrons. The Morgan fingerprint density at radius 3 is 2.58 bits per heavy atom. The number of ether oxygens (including phenoxy) is 1. The lowest BCUT2D eigenvalue weighted by Gasteiger charge is -2.33. The monoisotopic (exact) mass is 340 g/mol. The van der Waals surface area contributed by atoms with Crippen molar-refractivity contribution in [2.45, 2.75) is 13.5 Å². The van der Waals surface area contributed by atoms with E-state index in [-0.39, 0.29) is 18.3 Å². The molecular weight excluding hydrogens is 318 g/mol. The number of piperazine rings is 1. The van der Waals surface area contributed by atoms with E-state index in [2.05, 4.69) is 9.64 Å². The second kappa shape index (κ2) is 8.75. The largest absolute Gasteiger partial charge is 0.434 e. The molecule has 1 amide bonds. The van der Waals surface area contributed by atoms with Gasteiger partial charge < -0.3 is 14.7 Å². The van der Waals surface area contributed by atoms with Gasteiger partial charge in [0.25, 0.3) is 0 Å². The predicted molar refractivity (Wildman–Crippen MR) is 86.8 cm³/mol. The van der Waals surface area contributed by atoms with Crippen molar-refractivity contribution in [3.8, 4) is 5.75 Å². The van der Waals surface area contributed by atoms with Crippen LogP contribution in [0.15, 0.2) is 30.3 Å². The van der Waals surface area contributed by atoms with Crippen LogP contribution in [0.4, 0.5) is 8.78 Å². The van der Waals surface area contributed by atoms with Crippen LogP contribution in [-0.2, 0) is 4.79 Å². The summed E-state index contributed by atoms with van der Waals surface area (Å²) in [6.45, 7) is 2.09. The topological polar surface area (TPSA) is 53.0 Å². The molecule has 1 heterocycles. The van der Waals surface area contributed by atoms with Gasteiger partial charge in [0.15, 0.2) is 0 Å². The van der Waals surface area contributed by atoms with E-state index in [9.17, 15) is 13.6 Å². The molecule has 5 nitrogen and oxygen atoms in total. The molecule has 132 valence electrons. The van der Waals surface area contributed by atoms with Crippen LogP contribution in [0.1, 0.15) is 12.5 Å². The normalized spacial score (nSPS) is 16.5. The molecule has 0 spiro atoms. The Balaban J connectivity index is 2.04. The minimum absolute atomic E-state index is 0.0572. The fourth-order valence-corrected chi connectivity index (χ4v) is 2.68. The Bertz CT molecular complexity index is 585. The number of hydrogen-bond donors (Lipinski definition) is 1. The highest BCUT2D eigenvalue weighted by Crippen LogP contribution is 2.27. The molecule has 0 bridgehead atoms. The number of carbonyl (C=O) groups is 1. The zero-order valence-corrected chi connectivity index (χ0v) is 13.6. The number of allylic oxidation sites excluding steroid dienone is 1. The summed E-state index contributed by atoms with van der Waals surface area (Å²) >= 11 is 0. The number of nitrogens with zero attached hydrogens (tertiary/aromatic N) is 2. The van der Waals surface area contributed by atoms with Crippen LogP contribution in [0.2, 0.25) is 0 Å². The summed E-state index contributed by atoms with van der Waals surface area (Å²) in [5, 5.41) is 8.93. The molecule has 1 aromatic rings. The smallest absolute Gasteiger partial charge is 0.387 e. The maximum atomic E-state index is 12.5. The third-order valence-electron chi connectivity index (χ3n) is 3.97. The van der Waals surface area contributed by atoms with Gasteiger partial charge >= 0.3 is 6.61 Å². The van der Waals surface area contributed by atoms with Crippen molar-refractivity contribution in [2.75, 3.05) is 39.3 Å². The van der Waals surface area contributed by atoms with Crippen LogP contribution < -0.4 is 4.74 Å². The summed E-state index contributed by atoms with van der Waals surface area (Å²) in [4.78, 5) is 16.2. The molecule has 1 fully saturated rings. The van der Waals surface area contributed by atoms with Gasteiger partial charge in [0.2, 0.25) is 5.91 Å².